The fourth-order valence-corrected chi connectivity index (χ4v) is 4.15. The van der Waals surface area contributed by atoms with Gasteiger partial charge >= 0.3 is 0 Å². The smallest absolute Gasteiger partial charge is 0.184 e. The number of hydrogen-bond acceptors (Lipinski definition) is 7. The van der Waals surface area contributed by atoms with Crippen LogP contribution in [0.25, 0.3) is 11.2 Å². The molecule has 0 N–H and O–H groups in total. The Bertz CT molecular complexity index is 1200. The van der Waals surface area contributed by atoms with Crippen molar-refractivity contribution in [2.24, 2.45) is 0 Å². The molecule has 0 aliphatic carbocycles. The Morgan fingerprint density at radius 1 is 0.935 bits per heavy atom. The van der Waals surface area contributed by atoms with Gasteiger partial charge in [0, 0.05) is 31.2 Å². The van der Waals surface area contributed by atoms with E-state index in [2.05, 4.69) is 36.1 Å². The van der Waals surface area contributed by atoms with Gasteiger partial charge < -0.3 is 14.5 Å². The molecule has 0 spiro atoms. The van der Waals surface area contributed by atoms with Crippen molar-refractivity contribution in [2.75, 3.05) is 43.1 Å². The van der Waals surface area contributed by atoms with E-state index < -0.39 is 0 Å². The second-order valence-corrected chi connectivity index (χ2v) is 7.76. The summed E-state index contributed by atoms with van der Waals surface area (Å²) in [6.07, 6.45) is 1.58. The Labute approximate surface area is 185 Å². The lowest BCUT2D eigenvalue weighted by molar-refractivity contribution is 0.413. The molecule has 1 fully saturated rings. The zero-order valence-corrected chi connectivity index (χ0v) is 17.9. The van der Waals surface area contributed by atoms with Crippen LogP contribution >= 0.6 is 11.6 Å². The standard InChI is InChI=1S/C22H22ClN7O/c1-31-19-9-5-4-8-18(19)28-10-12-29(13-11-28)21-20-22(25-15-24-21)30(27-26-20)14-16-6-2-3-7-17(16)23/h2-9,15H,10-14H2,1H3. The number of piperazine rings is 1. The molecule has 3 heterocycles. The van der Waals surface area contributed by atoms with Gasteiger partial charge in [0.2, 0.25) is 0 Å². The molecule has 9 heteroatoms. The number of fused-ring (bicyclic) bond motifs is 1. The van der Waals surface area contributed by atoms with Gasteiger partial charge in [0.1, 0.15) is 12.1 Å². The van der Waals surface area contributed by atoms with Crippen molar-refractivity contribution in [1.29, 1.82) is 0 Å². The molecule has 2 aromatic carbocycles. The quantitative estimate of drug-likeness (QED) is 0.476. The monoisotopic (exact) mass is 435 g/mol. The van der Waals surface area contributed by atoms with Crippen LogP contribution < -0.4 is 14.5 Å². The zero-order chi connectivity index (χ0) is 21.2. The summed E-state index contributed by atoms with van der Waals surface area (Å²) in [7, 11) is 1.71. The van der Waals surface area contributed by atoms with Gasteiger partial charge in [-0.15, -0.1) is 5.10 Å². The van der Waals surface area contributed by atoms with Crippen molar-refractivity contribution in [3.8, 4) is 5.75 Å². The minimum absolute atomic E-state index is 0.508. The zero-order valence-electron chi connectivity index (χ0n) is 17.1. The number of benzene rings is 2. The van der Waals surface area contributed by atoms with Crippen LogP contribution in [0.4, 0.5) is 11.5 Å². The van der Waals surface area contributed by atoms with E-state index in [9.17, 15) is 0 Å². The molecule has 0 amide bonds. The number of para-hydroxylation sites is 2. The predicted molar refractivity (Wildman–Crippen MR) is 121 cm³/mol. The molecule has 2 aromatic heterocycles. The highest BCUT2D eigenvalue weighted by atomic mass is 35.5. The normalized spacial score (nSPS) is 14.3. The molecule has 1 saturated heterocycles. The van der Waals surface area contributed by atoms with Gasteiger partial charge in [-0.3, -0.25) is 0 Å². The van der Waals surface area contributed by atoms with Crippen LogP contribution in [-0.4, -0.2) is 58.3 Å². The van der Waals surface area contributed by atoms with Gasteiger partial charge in [-0.1, -0.05) is 47.1 Å². The molecule has 0 bridgehead atoms. The van der Waals surface area contributed by atoms with E-state index in [1.165, 1.54) is 0 Å². The van der Waals surface area contributed by atoms with Crippen LogP contribution in [0.15, 0.2) is 54.9 Å². The lowest BCUT2D eigenvalue weighted by Gasteiger charge is -2.37. The van der Waals surface area contributed by atoms with Crippen molar-refractivity contribution in [2.45, 2.75) is 6.54 Å². The van der Waals surface area contributed by atoms with Crippen LogP contribution in [0.5, 0.6) is 5.75 Å². The SMILES string of the molecule is COc1ccccc1N1CCN(c2ncnc3c2nnn3Cc2ccccc2Cl)CC1. The van der Waals surface area contributed by atoms with Crippen LogP contribution in [-0.2, 0) is 6.54 Å². The number of hydrogen-bond donors (Lipinski definition) is 0. The minimum atomic E-state index is 0.508. The maximum absolute atomic E-state index is 6.32. The second kappa shape index (κ2) is 8.39. The first-order valence-corrected chi connectivity index (χ1v) is 10.5. The van der Waals surface area contributed by atoms with Gasteiger partial charge in [0.15, 0.2) is 17.0 Å². The van der Waals surface area contributed by atoms with Crippen molar-refractivity contribution < 1.29 is 4.74 Å². The minimum Gasteiger partial charge on any atom is -0.495 e. The molecule has 0 saturated carbocycles. The fraction of sp³-hybridized carbons (Fsp3) is 0.273. The summed E-state index contributed by atoms with van der Waals surface area (Å²) in [5, 5.41) is 9.42. The highest BCUT2D eigenvalue weighted by Crippen LogP contribution is 2.30. The van der Waals surface area contributed by atoms with E-state index in [0.717, 1.165) is 49.0 Å². The Balaban J connectivity index is 1.37. The van der Waals surface area contributed by atoms with E-state index in [1.54, 1.807) is 18.1 Å². The number of anilines is 2. The second-order valence-electron chi connectivity index (χ2n) is 7.35. The molecule has 0 radical (unpaired) electrons. The first-order valence-electron chi connectivity index (χ1n) is 10.1. The Hall–Kier alpha value is -3.39. The van der Waals surface area contributed by atoms with E-state index in [0.29, 0.717) is 22.7 Å². The summed E-state index contributed by atoms with van der Waals surface area (Å²) in [5.41, 5.74) is 3.50. The van der Waals surface area contributed by atoms with Crippen LogP contribution in [0.1, 0.15) is 5.56 Å². The number of aromatic nitrogens is 5. The first kappa shape index (κ1) is 19.6. The highest BCUT2D eigenvalue weighted by Gasteiger charge is 2.23. The van der Waals surface area contributed by atoms with E-state index in [4.69, 9.17) is 16.3 Å². The summed E-state index contributed by atoms with van der Waals surface area (Å²) in [6.45, 7) is 3.87. The first-order chi connectivity index (χ1) is 15.2. The lowest BCUT2D eigenvalue weighted by Crippen LogP contribution is -2.47. The Morgan fingerprint density at radius 2 is 1.68 bits per heavy atom. The maximum atomic E-state index is 6.32. The molecular weight excluding hydrogens is 414 g/mol. The summed E-state index contributed by atoms with van der Waals surface area (Å²) in [4.78, 5) is 13.5. The maximum Gasteiger partial charge on any atom is 0.184 e. The average Bonchev–Trinajstić information content (AvgIpc) is 3.23. The third kappa shape index (κ3) is 3.74. The largest absolute Gasteiger partial charge is 0.495 e. The molecule has 1 aliphatic rings. The molecular formula is C22H22ClN7O. The summed E-state index contributed by atoms with van der Waals surface area (Å²) in [6, 6.07) is 15.8. The van der Waals surface area contributed by atoms with E-state index in [-0.39, 0.29) is 0 Å². The molecule has 0 unspecified atom stereocenters. The number of nitrogens with zero attached hydrogens (tertiary/aromatic N) is 7. The fourth-order valence-electron chi connectivity index (χ4n) is 3.96. The van der Waals surface area contributed by atoms with Gasteiger partial charge in [-0.05, 0) is 23.8 Å². The predicted octanol–water partition coefficient (Wildman–Crippen LogP) is 3.26. The summed E-state index contributed by atoms with van der Waals surface area (Å²) < 4.78 is 7.29. The Kier molecular flexibility index (Phi) is 5.30. The van der Waals surface area contributed by atoms with Gasteiger partial charge in [0.05, 0.1) is 19.3 Å². The topological polar surface area (TPSA) is 72.2 Å². The van der Waals surface area contributed by atoms with Gasteiger partial charge in [-0.2, -0.15) is 0 Å². The molecule has 31 heavy (non-hydrogen) atoms. The summed E-state index contributed by atoms with van der Waals surface area (Å²) in [5.74, 6) is 1.71. The molecule has 1 aliphatic heterocycles. The van der Waals surface area contributed by atoms with Gasteiger partial charge in [-0.25, -0.2) is 14.6 Å². The van der Waals surface area contributed by atoms with Crippen LogP contribution in [0.3, 0.4) is 0 Å². The van der Waals surface area contributed by atoms with Crippen molar-refractivity contribution in [3.63, 3.8) is 0 Å². The molecule has 0 atom stereocenters. The number of methoxy groups -OCH3 is 1. The van der Waals surface area contributed by atoms with Crippen molar-refractivity contribution >= 4 is 34.3 Å². The average molecular weight is 436 g/mol. The van der Waals surface area contributed by atoms with E-state index in [1.807, 2.05) is 42.5 Å². The summed E-state index contributed by atoms with van der Waals surface area (Å²) >= 11 is 6.32. The third-order valence-electron chi connectivity index (χ3n) is 5.56. The Morgan fingerprint density at radius 3 is 2.48 bits per heavy atom. The van der Waals surface area contributed by atoms with Crippen LogP contribution in [0, 0.1) is 0 Å². The third-order valence-corrected chi connectivity index (χ3v) is 5.93. The number of rotatable bonds is 5. The molecule has 8 nitrogen and oxygen atoms in total. The van der Waals surface area contributed by atoms with Crippen molar-refractivity contribution in [1.82, 2.24) is 25.0 Å². The number of halogens is 1. The molecule has 4 aromatic rings. The van der Waals surface area contributed by atoms with E-state index >= 15 is 0 Å². The molecule has 5 rings (SSSR count). The van der Waals surface area contributed by atoms with Crippen LogP contribution in [0.2, 0.25) is 5.02 Å². The lowest BCUT2D eigenvalue weighted by atomic mass is 10.2. The molecule has 158 valence electrons. The highest BCUT2D eigenvalue weighted by molar-refractivity contribution is 6.31. The van der Waals surface area contributed by atoms with Gasteiger partial charge in [0.25, 0.3) is 0 Å². The number of ether oxygens (including phenoxy) is 1. The van der Waals surface area contributed by atoms with Crippen molar-refractivity contribution in [3.05, 3.63) is 65.4 Å².